The smallest absolute Gasteiger partial charge is 0.326 e. The molecule has 0 atom stereocenters. The molecule has 1 saturated carbocycles. The third-order valence-electron chi connectivity index (χ3n) is 5.15. The van der Waals surface area contributed by atoms with Crippen LogP contribution in [0.25, 0.3) is 11.7 Å². The molecule has 3 N–H and O–H groups in total. The summed E-state index contributed by atoms with van der Waals surface area (Å²) < 4.78 is 7.02. The normalized spacial score (nSPS) is 15.0. The number of rotatable bonds is 5. The topological polar surface area (TPSA) is 124 Å². The van der Waals surface area contributed by atoms with Gasteiger partial charge in [-0.1, -0.05) is 6.07 Å². The lowest BCUT2D eigenvalue weighted by Crippen LogP contribution is -2.22. The molecule has 4 aromatic rings. The first-order chi connectivity index (χ1) is 15.0. The molecule has 0 spiro atoms. The Morgan fingerprint density at radius 1 is 1.32 bits per heavy atom. The maximum absolute atomic E-state index is 11.5. The van der Waals surface area contributed by atoms with Crippen molar-refractivity contribution in [3.05, 3.63) is 63.4 Å². The number of nitrogens with one attached hydrogen (secondary N) is 2. The van der Waals surface area contributed by atoms with Crippen LogP contribution >= 0.6 is 0 Å². The van der Waals surface area contributed by atoms with E-state index in [1.165, 1.54) is 0 Å². The van der Waals surface area contributed by atoms with E-state index in [1.54, 1.807) is 23.9 Å². The van der Waals surface area contributed by atoms with Crippen LogP contribution in [0.5, 0.6) is 11.6 Å². The minimum absolute atomic E-state index is 0.239. The zero-order valence-corrected chi connectivity index (χ0v) is 17.0. The fourth-order valence-corrected chi connectivity index (χ4v) is 3.31. The van der Waals surface area contributed by atoms with Crippen LogP contribution < -0.4 is 26.0 Å². The van der Waals surface area contributed by atoms with E-state index >= 15 is 0 Å². The standard InChI is InChI=1S/C21H21N7O3/c1-27(14-4-3-5-15(9-14)31-2)17-10-18(23-13-6-7-13)28-19(25-17)12(11-22-28)8-16-20(29)26-21(30)24-16/h3-5,8-11,13,29H,6-7H2,1-2H3,(H2,24,26,30). The van der Waals surface area contributed by atoms with Gasteiger partial charge >= 0.3 is 5.69 Å². The molecule has 0 aliphatic heterocycles. The zero-order chi connectivity index (χ0) is 21.5. The van der Waals surface area contributed by atoms with Gasteiger partial charge in [-0.2, -0.15) is 9.61 Å². The van der Waals surface area contributed by atoms with Gasteiger partial charge in [0.1, 0.15) is 17.3 Å². The molecule has 0 unspecified atom stereocenters. The predicted molar refractivity (Wildman–Crippen MR) is 114 cm³/mol. The summed E-state index contributed by atoms with van der Waals surface area (Å²) in [5.74, 6) is 1.19. The number of aromatic amines is 2. The maximum atomic E-state index is 11.5. The van der Waals surface area contributed by atoms with Crippen LogP contribution in [0.15, 0.2) is 46.3 Å². The van der Waals surface area contributed by atoms with Crippen molar-refractivity contribution >= 4 is 23.2 Å². The van der Waals surface area contributed by atoms with Gasteiger partial charge in [0.25, 0.3) is 0 Å². The molecule has 1 aliphatic rings. The molecular weight excluding hydrogens is 398 g/mol. The number of hydrogen-bond donors (Lipinski definition) is 3. The van der Waals surface area contributed by atoms with Crippen molar-refractivity contribution in [3.8, 4) is 11.6 Å². The molecule has 1 aromatic carbocycles. The number of benzene rings is 1. The molecule has 3 aromatic heterocycles. The van der Waals surface area contributed by atoms with Gasteiger partial charge in [0.2, 0.25) is 5.88 Å². The Morgan fingerprint density at radius 3 is 2.87 bits per heavy atom. The number of imidazole rings is 1. The molecule has 10 nitrogen and oxygen atoms in total. The van der Waals surface area contributed by atoms with Crippen LogP contribution in [0.4, 0.5) is 11.5 Å². The van der Waals surface area contributed by atoms with E-state index in [1.807, 2.05) is 42.3 Å². The van der Waals surface area contributed by atoms with E-state index in [0.29, 0.717) is 28.2 Å². The minimum atomic E-state index is -0.490. The first-order valence-electron chi connectivity index (χ1n) is 9.85. The Morgan fingerprint density at radius 2 is 2.16 bits per heavy atom. The van der Waals surface area contributed by atoms with Crippen molar-refractivity contribution in [1.82, 2.24) is 24.6 Å². The molecule has 0 radical (unpaired) electrons. The van der Waals surface area contributed by atoms with Gasteiger partial charge in [-0.3, -0.25) is 9.98 Å². The van der Waals surface area contributed by atoms with Gasteiger partial charge in [0.05, 0.1) is 19.3 Å². The van der Waals surface area contributed by atoms with Crippen molar-refractivity contribution in [2.75, 3.05) is 19.1 Å². The molecule has 1 fully saturated rings. The van der Waals surface area contributed by atoms with Crippen LogP contribution in [0.1, 0.15) is 18.5 Å². The van der Waals surface area contributed by atoms with Crippen molar-refractivity contribution in [1.29, 1.82) is 0 Å². The summed E-state index contributed by atoms with van der Waals surface area (Å²) in [6.07, 6.45) is 5.38. The Hall–Kier alpha value is -4.08. The highest BCUT2D eigenvalue weighted by molar-refractivity contribution is 5.64. The Balaban J connectivity index is 1.70. The minimum Gasteiger partial charge on any atom is -0.497 e. The van der Waals surface area contributed by atoms with Crippen molar-refractivity contribution in [2.24, 2.45) is 4.99 Å². The molecule has 10 heteroatoms. The maximum Gasteiger partial charge on any atom is 0.326 e. The van der Waals surface area contributed by atoms with Gasteiger partial charge in [-0.15, -0.1) is 0 Å². The third-order valence-corrected chi connectivity index (χ3v) is 5.15. The molecular formula is C21H21N7O3. The van der Waals surface area contributed by atoms with E-state index in [0.717, 1.165) is 24.3 Å². The lowest BCUT2D eigenvalue weighted by atomic mass is 10.2. The number of nitrogens with zero attached hydrogens (tertiary/aromatic N) is 5. The summed E-state index contributed by atoms with van der Waals surface area (Å²) in [4.78, 5) is 27.9. The van der Waals surface area contributed by atoms with Crippen molar-refractivity contribution in [2.45, 2.75) is 18.9 Å². The number of aromatic nitrogens is 5. The van der Waals surface area contributed by atoms with Gasteiger partial charge in [-0.25, -0.2) is 9.78 Å². The second-order valence-electron chi connectivity index (χ2n) is 7.41. The van der Waals surface area contributed by atoms with Crippen LogP contribution in [-0.2, 0) is 0 Å². The molecule has 31 heavy (non-hydrogen) atoms. The summed E-state index contributed by atoms with van der Waals surface area (Å²) in [5.41, 5.74) is 1.94. The van der Waals surface area contributed by atoms with Crippen LogP contribution in [0, 0.1) is 0 Å². The molecule has 0 bridgehead atoms. The third kappa shape index (κ3) is 3.63. The number of methoxy groups -OCH3 is 1. The van der Waals surface area contributed by atoms with Gasteiger partial charge < -0.3 is 19.7 Å². The van der Waals surface area contributed by atoms with Gasteiger partial charge in [0, 0.05) is 30.1 Å². The van der Waals surface area contributed by atoms with E-state index in [4.69, 9.17) is 14.7 Å². The number of anilines is 2. The molecule has 5 rings (SSSR count). The average molecular weight is 419 g/mol. The lowest BCUT2D eigenvalue weighted by Gasteiger charge is -2.19. The fraction of sp³-hybridized carbons (Fsp3) is 0.238. The van der Waals surface area contributed by atoms with Crippen LogP contribution in [-0.4, -0.2) is 49.9 Å². The predicted octanol–water partition coefficient (Wildman–Crippen LogP) is 0.839. The van der Waals surface area contributed by atoms with E-state index in [9.17, 15) is 9.90 Å². The summed E-state index contributed by atoms with van der Waals surface area (Å²) in [6.45, 7) is 0. The molecule has 0 saturated heterocycles. The quantitative estimate of drug-likeness (QED) is 0.440. The average Bonchev–Trinajstić information content (AvgIpc) is 3.41. The number of aromatic hydroxyl groups is 1. The molecule has 0 amide bonds. The highest BCUT2D eigenvalue weighted by Crippen LogP contribution is 2.26. The number of hydrogen-bond acceptors (Lipinski definition) is 7. The van der Waals surface area contributed by atoms with Gasteiger partial charge in [0.15, 0.2) is 11.1 Å². The molecule has 158 valence electrons. The van der Waals surface area contributed by atoms with Crippen molar-refractivity contribution in [3.63, 3.8) is 0 Å². The number of ether oxygens (including phenoxy) is 1. The Bertz CT molecular complexity index is 1450. The first kappa shape index (κ1) is 18.9. The Labute approximate surface area is 176 Å². The Kier molecular flexibility index (Phi) is 4.46. The zero-order valence-electron chi connectivity index (χ0n) is 17.0. The van der Waals surface area contributed by atoms with E-state index < -0.39 is 5.69 Å². The second kappa shape index (κ2) is 7.31. The monoisotopic (exact) mass is 419 g/mol. The van der Waals surface area contributed by atoms with Crippen LogP contribution in [0.2, 0.25) is 0 Å². The summed E-state index contributed by atoms with van der Waals surface area (Å²) in [6, 6.07) is 9.89. The summed E-state index contributed by atoms with van der Waals surface area (Å²) >= 11 is 0. The highest BCUT2D eigenvalue weighted by atomic mass is 16.5. The second-order valence-corrected chi connectivity index (χ2v) is 7.41. The van der Waals surface area contributed by atoms with E-state index in [2.05, 4.69) is 15.1 Å². The molecule has 3 heterocycles. The summed E-state index contributed by atoms with van der Waals surface area (Å²) in [7, 11) is 3.55. The fourth-order valence-electron chi connectivity index (χ4n) is 3.31. The van der Waals surface area contributed by atoms with Crippen LogP contribution in [0.3, 0.4) is 0 Å². The van der Waals surface area contributed by atoms with E-state index in [-0.39, 0.29) is 11.6 Å². The largest absolute Gasteiger partial charge is 0.497 e. The SMILES string of the molecule is COc1cccc(N(C)c2cc(=NC3CC3)n3ncc(=Cc4[nH]c(=O)[nH]c4O)c3n2)c1. The lowest BCUT2D eigenvalue weighted by molar-refractivity contribution is 0.415. The van der Waals surface area contributed by atoms with Crippen molar-refractivity contribution < 1.29 is 9.84 Å². The number of H-pyrrole nitrogens is 2. The van der Waals surface area contributed by atoms with Gasteiger partial charge in [-0.05, 0) is 31.1 Å². The highest BCUT2D eigenvalue weighted by Gasteiger charge is 2.21. The summed E-state index contributed by atoms with van der Waals surface area (Å²) in [5, 5.41) is 15.0. The molecule has 1 aliphatic carbocycles. The first-order valence-corrected chi connectivity index (χ1v) is 9.85. The number of fused-ring (bicyclic) bond motifs is 1.